The molecule has 232 valence electrons. The number of carboxylic acid groups (broad SMARTS) is 2. The summed E-state index contributed by atoms with van der Waals surface area (Å²) in [7, 11) is -4.45. The summed E-state index contributed by atoms with van der Waals surface area (Å²) in [6, 6.07) is 11.1. The molecule has 8 N–H and O–H groups in total. The molecule has 3 amide bonds. The van der Waals surface area contributed by atoms with Crippen molar-refractivity contribution < 1.29 is 47.7 Å². The number of carbonyl (C=O) groups is 5. The number of amides is 3. The van der Waals surface area contributed by atoms with Crippen LogP contribution in [-0.4, -0.2) is 78.1 Å². The van der Waals surface area contributed by atoms with Crippen LogP contribution >= 0.6 is 0 Å². The molecule has 0 aromatic heterocycles. The number of benzene rings is 4. The number of carboxylic acids is 2. The van der Waals surface area contributed by atoms with Crippen LogP contribution in [0.3, 0.4) is 0 Å². The van der Waals surface area contributed by atoms with E-state index in [2.05, 4.69) is 15.4 Å². The molecule has 0 saturated heterocycles. The molecule has 0 fully saturated rings. The van der Waals surface area contributed by atoms with Crippen LogP contribution in [0.1, 0.15) is 25.7 Å². The van der Waals surface area contributed by atoms with Crippen LogP contribution in [0.2, 0.25) is 0 Å². The minimum absolute atomic E-state index is 0.155. The van der Waals surface area contributed by atoms with Crippen molar-refractivity contribution in [2.75, 3.05) is 6.61 Å². The quantitative estimate of drug-likeness (QED) is 0.0896. The van der Waals surface area contributed by atoms with Crippen LogP contribution in [0.25, 0.3) is 32.3 Å². The molecule has 4 aromatic carbocycles. The lowest BCUT2D eigenvalue weighted by Crippen LogP contribution is -2.57. The normalized spacial score (nSPS) is 13.8. The number of aliphatic hydroxyl groups excluding tert-OH is 1. The standard InChI is InChI=1S/C29H30N4O10S/c30-27(39)19(9-12-23(35)36)31-28(40)20(10-13-24(37)38)32-29(41)21(14-34)33-44(42,43)22-11-7-17-5-4-15-2-1-3-16-6-8-18(22)26(17)25(15)16/h1-8,11,19-21,33-34H,9-10,12-14H2,(H2,30,39)(H,31,40)(H,32,41)(H,35,36)(H,37,38)/t19-,20-,21-/m0/s1. The molecule has 4 rings (SSSR count). The monoisotopic (exact) mass is 626 g/mol. The third kappa shape index (κ3) is 7.02. The molecule has 0 bridgehead atoms. The predicted octanol–water partition coefficient (Wildman–Crippen LogP) is 0.408. The van der Waals surface area contributed by atoms with E-state index in [-0.39, 0.29) is 11.3 Å². The van der Waals surface area contributed by atoms with Gasteiger partial charge in [0.1, 0.15) is 18.1 Å². The maximum atomic E-state index is 13.6. The second-order valence-corrected chi connectivity index (χ2v) is 11.8. The largest absolute Gasteiger partial charge is 0.481 e. The molecule has 0 aliphatic carbocycles. The van der Waals surface area contributed by atoms with Crippen molar-refractivity contribution in [1.82, 2.24) is 15.4 Å². The summed E-state index contributed by atoms with van der Waals surface area (Å²) in [6.07, 6.45) is -1.96. The zero-order valence-corrected chi connectivity index (χ0v) is 24.0. The summed E-state index contributed by atoms with van der Waals surface area (Å²) >= 11 is 0. The first-order valence-electron chi connectivity index (χ1n) is 13.5. The number of sulfonamides is 1. The average molecular weight is 627 g/mol. The molecule has 4 aromatic rings. The first-order valence-corrected chi connectivity index (χ1v) is 14.9. The van der Waals surface area contributed by atoms with E-state index in [1.54, 1.807) is 18.2 Å². The number of hydrogen-bond donors (Lipinski definition) is 7. The highest BCUT2D eigenvalue weighted by atomic mass is 32.2. The first kappa shape index (κ1) is 32.1. The Morgan fingerprint density at radius 3 is 1.77 bits per heavy atom. The number of aliphatic hydroxyl groups is 1. The summed E-state index contributed by atoms with van der Waals surface area (Å²) in [5.41, 5.74) is 5.24. The molecule has 3 atom stereocenters. The Morgan fingerprint density at radius 1 is 0.705 bits per heavy atom. The topological polar surface area (TPSA) is 242 Å². The summed E-state index contributed by atoms with van der Waals surface area (Å²) in [5, 5.41) is 36.9. The van der Waals surface area contributed by atoms with Gasteiger partial charge >= 0.3 is 11.9 Å². The van der Waals surface area contributed by atoms with Crippen molar-refractivity contribution in [3.05, 3.63) is 54.6 Å². The number of primary amides is 1. The van der Waals surface area contributed by atoms with Crippen LogP contribution in [0, 0.1) is 0 Å². The zero-order valence-electron chi connectivity index (χ0n) is 23.1. The predicted molar refractivity (Wildman–Crippen MR) is 158 cm³/mol. The molecule has 0 aliphatic rings. The van der Waals surface area contributed by atoms with E-state index in [1.807, 2.05) is 30.3 Å². The fraction of sp³-hybridized carbons (Fsp3) is 0.276. The Bertz CT molecular complexity index is 1840. The van der Waals surface area contributed by atoms with Crippen molar-refractivity contribution in [2.45, 2.75) is 48.7 Å². The van der Waals surface area contributed by atoms with Gasteiger partial charge in [0.25, 0.3) is 0 Å². The first-order chi connectivity index (χ1) is 20.8. The van der Waals surface area contributed by atoms with Gasteiger partial charge in [-0.15, -0.1) is 0 Å². The van der Waals surface area contributed by atoms with Crippen LogP contribution in [0.4, 0.5) is 0 Å². The van der Waals surface area contributed by atoms with Gasteiger partial charge in [-0.2, -0.15) is 4.72 Å². The highest BCUT2D eigenvalue weighted by molar-refractivity contribution is 7.89. The lowest BCUT2D eigenvalue weighted by atomic mass is 9.94. The van der Waals surface area contributed by atoms with Gasteiger partial charge in [-0.25, -0.2) is 8.42 Å². The van der Waals surface area contributed by atoms with Gasteiger partial charge in [0, 0.05) is 18.2 Å². The van der Waals surface area contributed by atoms with E-state index < -0.39 is 83.7 Å². The molecule has 15 heteroatoms. The minimum Gasteiger partial charge on any atom is -0.481 e. The minimum atomic E-state index is -4.45. The maximum absolute atomic E-state index is 13.6. The molecule has 0 spiro atoms. The molecule has 44 heavy (non-hydrogen) atoms. The number of aliphatic carboxylic acids is 2. The smallest absolute Gasteiger partial charge is 0.303 e. The van der Waals surface area contributed by atoms with Crippen molar-refractivity contribution in [3.63, 3.8) is 0 Å². The molecular formula is C29H30N4O10S. The molecule has 0 saturated carbocycles. The Labute approximate surface area is 250 Å². The fourth-order valence-corrected chi connectivity index (χ4v) is 6.39. The Balaban J connectivity index is 1.58. The van der Waals surface area contributed by atoms with Gasteiger partial charge in [-0.3, -0.25) is 24.0 Å². The van der Waals surface area contributed by atoms with Gasteiger partial charge in [0.05, 0.1) is 11.5 Å². The van der Waals surface area contributed by atoms with Gasteiger partial charge in [0.15, 0.2) is 0 Å². The third-order valence-electron chi connectivity index (χ3n) is 7.16. The number of carbonyl (C=O) groups excluding carboxylic acids is 3. The van der Waals surface area contributed by atoms with Crippen LogP contribution in [0.5, 0.6) is 0 Å². The molecule has 0 aliphatic heterocycles. The number of nitrogens with two attached hydrogens (primary N) is 1. The summed E-state index contributed by atoms with van der Waals surface area (Å²) < 4.78 is 29.3. The van der Waals surface area contributed by atoms with Gasteiger partial charge in [0.2, 0.25) is 27.7 Å². The van der Waals surface area contributed by atoms with Gasteiger partial charge in [-0.05, 0) is 45.8 Å². The molecular weight excluding hydrogens is 596 g/mol. The van der Waals surface area contributed by atoms with E-state index in [4.69, 9.17) is 15.9 Å². The Kier molecular flexibility index (Phi) is 9.62. The van der Waals surface area contributed by atoms with Gasteiger partial charge in [-0.1, -0.05) is 48.5 Å². The number of rotatable bonds is 15. The Hall–Kier alpha value is -4.86. The third-order valence-corrected chi connectivity index (χ3v) is 8.69. The van der Waals surface area contributed by atoms with E-state index in [0.29, 0.717) is 10.8 Å². The van der Waals surface area contributed by atoms with E-state index >= 15 is 0 Å². The number of nitrogens with one attached hydrogen (secondary N) is 3. The molecule has 0 radical (unpaired) electrons. The second-order valence-electron chi connectivity index (χ2n) is 10.2. The SMILES string of the molecule is NC(=O)[C@H](CCC(=O)O)NC(=O)[C@H](CCC(=O)O)NC(=O)[C@H](CO)NS(=O)(=O)c1ccc2ccc3cccc4ccc1c2c34. The average Bonchev–Trinajstić information content (AvgIpc) is 2.98. The maximum Gasteiger partial charge on any atom is 0.303 e. The van der Waals surface area contributed by atoms with Gasteiger partial charge < -0.3 is 31.7 Å². The molecule has 0 unspecified atom stereocenters. The Morgan fingerprint density at radius 2 is 1.20 bits per heavy atom. The van der Waals surface area contributed by atoms with Crippen molar-refractivity contribution in [1.29, 1.82) is 0 Å². The fourth-order valence-electron chi connectivity index (χ4n) is 5.00. The lowest BCUT2D eigenvalue weighted by molar-refractivity contribution is -0.139. The summed E-state index contributed by atoms with van der Waals surface area (Å²) in [6.45, 7) is -1.02. The van der Waals surface area contributed by atoms with Crippen LogP contribution in [0.15, 0.2) is 59.5 Å². The number of hydrogen-bond acceptors (Lipinski definition) is 8. The van der Waals surface area contributed by atoms with Crippen LogP contribution < -0.4 is 21.1 Å². The van der Waals surface area contributed by atoms with Crippen molar-refractivity contribution in [3.8, 4) is 0 Å². The zero-order chi connectivity index (χ0) is 32.2. The van der Waals surface area contributed by atoms with E-state index in [9.17, 15) is 37.5 Å². The van der Waals surface area contributed by atoms with E-state index in [1.165, 1.54) is 6.07 Å². The highest BCUT2D eigenvalue weighted by Crippen LogP contribution is 2.37. The van der Waals surface area contributed by atoms with Crippen molar-refractivity contribution >= 4 is 72.0 Å². The van der Waals surface area contributed by atoms with Crippen molar-refractivity contribution in [2.24, 2.45) is 5.73 Å². The highest BCUT2D eigenvalue weighted by Gasteiger charge is 2.32. The second kappa shape index (κ2) is 13.2. The summed E-state index contributed by atoms with van der Waals surface area (Å²) in [5.74, 6) is -5.84. The van der Waals surface area contributed by atoms with E-state index in [0.717, 1.165) is 21.5 Å². The summed E-state index contributed by atoms with van der Waals surface area (Å²) in [4.78, 5) is 59.7. The molecule has 14 nitrogen and oxygen atoms in total. The lowest BCUT2D eigenvalue weighted by Gasteiger charge is -2.24. The van der Waals surface area contributed by atoms with Crippen LogP contribution in [-0.2, 0) is 34.0 Å². The molecule has 0 heterocycles.